The van der Waals surface area contributed by atoms with Gasteiger partial charge in [0, 0.05) is 19.6 Å². The summed E-state index contributed by atoms with van der Waals surface area (Å²) in [5.41, 5.74) is 0. The molecule has 0 saturated heterocycles. The van der Waals surface area contributed by atoms with Gasteiger partial charge in [-0.2, -0.15) is 12.6 Å². The van der Waals surface area contributed by atoms with Crippen LogP contribution in [-0.4, -0.2) is 55.8 Å². The zero-order chi connectivity index (χ0) is 13.1. The van der Waals surface area contributed by atoms with E-state index in [0.29, 0.717) is 0 Å². The van der Waals surface area contributed by atoms with Crippen molar-refractivity contribution in [1.82, 2.24) is 9.80 Å². The fourth-order valence-electron chi connectivity index (χ4n) is 1.95. The van der Waals surface area contributed by atoms with Crippen molar-refractivity contribution in [3.63, 3.8) is 0 Å². The first-order chi connectivity index (χ1) is 8.06. The lowest BCUT2D eigenvalue weighted by Crippen LogP contribution is -2.35. The van der Waals surface area contributed by atoms with Crippen LogP contribution in [0.4, 0.5) is 0 Å². The monoisotopic (exact) mass is 260 g/mol. The van der Waals surface area contributed by atoms with E-state index in [1.54, 1.807) is 0 Å². The lowest BCUT2D eigenvalue weighted by atomic mass is 10.1. The molecule has 0 atom stereocenters. The largest absolute Gasteiger partial charge is 0.308 e. The first kappa shape index (κ1) is 17.3. The van der Waals surface area contributed by atoms with Crippen LogP contribution in [0.25, 0.3) is 0 Å². The summed E-state index contributed by atoms with van der Waals surface area (Å²) in [6.45, 7) is 9.49. The summed E-state index contributed by atoms with van der Waals surface area (Å²) in [5, 5.41) is 0. The molecule has 0 aliphatic rings. The molecule has 0 N–H and O–H groups in total. The SMILES string of the molecule is CC(C)CN(CCCCCCS)CCN(C)C. The van der Waals surface area contributed by atoms with Crippen molar-refractivity contribution in [2.75, 3.05) is 46.0 Å². The molecule has 0 unspecified atom stereocenters. The van der Waals surface area contributed by atoms with Crippen LogP contribution in [0, 0.1) is 5.92 Å². The van der Waals surface area contributed by atoms with Crippen molar-refractivity contribution in [2.24, 2.45) is 5.92 Å². The lowest BCUT2D eigenvalue weighted by molar-refractivity contribution is 0.215. The molecule has 0 heterocycles. The number of unbranched alkanes of at least 4 members (excludes halogenated alkanes) is 3. The number of nitrogens with zero attached hydrogens (tertiary/aromatic N) is 2. The molecule has 3 heteroatoms. The van der Waals surface area contributed by atoms with Crippen LogP contribution in [0.3, 0.4) is 0 Å². The third kappa shape index (κ3) is 12.5. The van der Waals surface area contributed by atoms with E-state index >= 15 is 0 Å². The third-order valence-electron chi connectivity index (χ3n) is 2.87. The summed E-state index contributed by atoms with van der Waals surface area (Å²) < 4.78 is 0. The molecule has 104 valence electrons. The smallest absolute Gasteiger partial charge is 0.0109 e. The first-order valence-corrected chi connectivity index (χ1v) is 7.67. The van der Waals surface area contributed by atoms with Gasteiger partial charge in [-0.05, 0) is 45.2 Å². The van der Waals surface area contributed by atoms with Gasteiger partial charge in [-0.25, -0.2) is 0 Å². The van der Waals surface area contributed by atoms with E-state index < -0.39 is 0 Å². The minimum atomic E-state index is 0.773. The van der Waals surface area contributed by atoms with Crippen LogP contribution in [-0.2, 0) is 0 Å². The Morgan fingerprint density at radius 2 is 1.53 bits per heavy atom. The van der Waals surface area contributed by atoms with Crippen molar-refractivity contribution in [1.29, 1.82) is 0 Å². The summed E-state index contributed by atoms with van der Waals surface area (Å²) in [6, 6.07) is 0. The van der Waals surface area contributed by atoms with E-state index in [-0.39, 0.29) is 0 Å². The van der Waals surface area contributed by atoms with Crippen LogP contribution < -0.4 is 0 Å². The molecule has 0 bridgehead atoms. The molecule has 0 amide bonds. The third-order valence-corrected chi connectivity index (χ3v) is 3.19. The zero-order valence-corrected chi connectivity index (χ0v) is 13.2. The van der Waals surface area contributed by atoms with E-state index in [0.717, 1.165) is 11.7 Å². The van der Waals surface area contributed by atoms with E-state index in [2.05, 4.69) is 50.4 Å². The Morgan fingerprint density at radius 1 is 0.882 bits per heavy atom. The van der Waals surface area contributed by atoms with E-state index in [1.165, 1.54) is 51.9 Å². The van der Waals surface area contributed by atoms with Crippen LogP contribution in [0.5, 0.6) is 0 Å². The fraction of sp³-hybridized carbons (Fsp3) is 1.00. The second-order valence-electron chi connectivity index (χ2n) is 5.64. The maximum atomic E-state index is 4.25. The number of rotatable bonds is 11. The molecule has 0 aromatic heterocycles. The maximum absolute atomic E-state index is 4.25. The first-order valence-electron chi connectivity index (χ1n) is 7.04. The van der Waals surface area contributed by atoms with Gasteiger partial charge in [0.25, 0.3) is 0 Å². The summed E-state index contributed by atoms with van der Waals surface area (Å²) >= 11 is 4.25. The molecule has 0 aliphatic heterocycles. The average Bonchev–Trinajstić information content (AvgIpc) is 2.24. The molecule has 2 nitrogen and oxygen atoms in total. The highest BCUT2D eigenvalue weighted by Crippen LogP contribution is 2.05. The Kier molecular flexibility index (Phi) is 11.5. The molecule has 0 spiro atoms. The van der Waals surface area contributed by atoms with Crippen molar-refractivity contribution < 1.29 is 0 Å². The number of hydrogen-bond acceptors (Lipinski definition) is 3. The van der Waals surface area contributed by atoms with Crippen LogP contribution >= 0.6 is 12.6 Å². The second kappa shape index (κ2) is 11.4. The highest BCUT2D eigenvalue weighted by Gasteiger charge is 2.07. The number of likely N-dealkylation sites (N-methyl/N-ethyl adjacent to an activating group) is 1. The Morgan fingerprint density at radius 3 is 2.06 bits per heavy atom. The molecule has 0 aromatic rings. The summed E-state index contributed by atoms with van der Waals surface area (Å²) in [6.07, 6.45) is 5.31. The predicted octanol–water partition coefficient (Wildman–Crippen LogP) is 3.00. The fourth-order valence-corrected chi connectivity index (χ4v) is 2.18. The van der Waals surface area contributed by atoms with Crippen molar-refractivity contribution >= 4 is 12.6 Å². The predicted molar refractivity (Wildman–Crippen MR) is 82.2 cm³/mol. The second-order valence-corrected chi connectivity index (χ2v) is 6.08. The molecular formula is C14H32N2S. The van der Waals surface area contributed by atoms with Gasteiger partial charge < -0.3 is 9.80 Å². The molecule has 0 fully saturated rings. The zero-order valence-electron chi connectivity index (χ0n) is 12.3. The molecule has 17 heavy (non-hydrogen) atoms. The quantitative estimate of drug-likeness (QED) is 0.451. The average molecular weight is 260 g/mol. The highest BCUT2D eigenvalue weighted by atomic mass is 32.1. The minimum Gasteiger partial charge on any atom is -0.308 e. The normalized spacial score (nSPS) is 12.0. The topological polar surface area (TPSA) is 6.48 Å². The Bertz CT molecular complexity index is 160. The van der Waals surface area contributed by atoms with Crippen molar-refractivity contribution in [2.45, 2.75) is 39.5 Å². The minimum absolute atomic E-state index is 0.773. The van der Waals surface area contributed by atoms with Gasteiger partial charge in [0.15, 0.2) is 0 Å². The maximum Gasteiger partial charge on any atom is 0.0109 e. The van der Waals surface area contributed by atoms with Gasteiger partial charge >= 0.3 is 0 Å². The van der Waals surface area contributed by atoms with Gasteiger partial charge in [0.2, 0.25) is 0 Å². The van der Waals surface area contributed by atoms with E-state index in [9.17, 15) is 0 Å². The number of thiol groups is 1. The summed E-state index contributed by atoms with van der Waals surface area (Å²) in [4.78, 5) is 4.89. The molecule has 0 saturated carbocycles. The van der Waals surface area contributed by atoms with Crippen molar-refractivity contribution in [3.8, 4) is 0 Å². The Labute approximate surface area is 114 Å². The standard InChI is InChI=1S/C14H32N2S/c1-14(2)13-16(11-10-15(3)4)9-7-5-6-8-12-17/h14,17H,5-13H2,1-4H3. The van der Waals surface area contributed by atoms with Crippen LogP contribution in [0.1, 0.15) is 39.5 Å². The van der Waals surface area contributed by atoms with Gasteiger partial charge in [-0.3, -0.25) is 0 Å². The highest BCUT2D eigenvalue weighted by molar-refractivity contribution is 7.80. The molecule has 0 radical (unpaired) electrons. The molecule has 0 aromatic carbocycles. The Balaban J connectivity index is 3.69. The van der Waals surface area contributed by atoms with Gasteiger partial charge in [0.05, 0.1) is 0 Å². The van der Waals surface area contributed by atoms with E-state index in [4.69, 9.17) is 0 Å². The molecule has 0 rings (SSSR count). The Hall–Kier alpha value is 0.270. The van der Waals surface area contributed by atoms with Gasteiger partial charge in [-0.15, -0.1) is 0 Å². The molecule has 0 aliphatic carbocycles. The van der Waals surface area contributed by atoms with E-state index in [1.807, 2.05) is 0 Å². The summed E-state index contributed by atoms with van der Waals surface area (Å²) in [5.74, 6) is 1.81. The summed E-state index contributed by atoms with van der Waals surface area (Å²) in [7, 11) is 4.31. The van der Waals surface area contributed by atoms with Crippen molar-refractivity contribution in [3.05, 3.63) is 0 Å². The lowest BCUT2D eigenvalue weighted by Gasteiger charge is -2.25. The van der Waals surface area contributed by atoms with Gasteiger partial charge in [0.1, 0.15) is 0 Å². The molecular weight excluding hydrogens is 228 g/mol. The van der Waals surface area contributed by atoms with Crippen LogP contribution in [0.2, 0.25) is 0 Å². The number of hydrogen-bond donors (Lipinski definition) is 1. The van der Waals surface area contributed by atoms with Gasteiger partial charge in [-0.1, -0.05) is 26.7 Å². The van der Waals surface area contributed by atoms with Crippen LogP contribution in [0.15, 0.2) is 0 Å².